The van der Waals surface area contributed by atoms with E-state index in [9.17, 15) is 77.0 Å². The Morgan fingerprint density at radius 2 is 0.593 bits per heavy atom. The maximum absolute atomic E-state index is 14.9. The van der Waals surface area contributed by atoms with E-state index in [1.54, 1.807) is 55.4 Å². The number of carboxylic acids is 1. The highest BCUT2D eigenvalue weighted by atomic mass is 16.4. The molecule has 38 N–H and O–H groups in total. The minimum Gasteiger partial charge on any atom is -0.481 e. The number of nitrogens with zero attached hydrogens (tertiary/aromatic N) is 5. The summed E-state index contributed by atoms with van der Waals surface area (Å²) in [6, 6.07) is -16.6. The van der Waals surface area contributed by atoms with Gasteiger partial charge in [-0.05, 0) is 146 Å². The van der Waals surface area contributed by atoms with Gasteiger partial charge in [-0.15, -0.1) is 0 Å². The lowest BCUT2D eigenvalue weighted by Gasteiger charge is -2.29. The first-order valence-corrected chi connectivity index (χ1v) is 39.7. The van der Waals surface area contributed by atoms with E-state index in [-0.39, 0.29) is 183 Å². The van der Waals surface area contributed by atoms with E-state index in [2.05, 4.69) is 94.1 Å². The maximum atomic E-state index is 14.9. The van der Waals surface area contributed by atoms with Gasteiger partial charge in [0.2, 0.25) is 82.7 Å². The molecule has 0 aromatic carbocycles. The Morgan fingerprint density at radius 3 is 0.881 bits per heavy atom. The largest absolute Gasteiger partial charge is 0.481 e. The SMILES string of the molecule is CC[C@H](C)[C@H](NC(=O)[C@H](CCCN=C(N)N)NC(C)=O)C(=O)N[C@@H](CCC(=O)O)C(=O)NCC(=O)N[C@@H](CC(C)C)C(=O)N[C@@H](CCCN=C(N)N)C(=O)N[C@@H](CCCCN)C(=O)N[C@@H](CCCN=C(N)N)C(=O)N[C@@H](CCCN=C(N)N)C(=O)N[C@@H](CCCN=C(N)N)C(=O)N[C@@H](CC(C)C)C(=O)N[C@@H](CC(C)C)C(=O)N[C@@H](C)C(N)=O. The van der Waals surface area contributed by atoms with Crippen LogP contribution in [0.1, 0.15) is 191 Å². The van der Waals surface area contributed by atoms with Gasteiger partial charge in [0.05, 0.1) is 6.54 Å². The van der Waals surface area contributed by atoms with Gasteiger partial charge in [-0.3, -0.25) is 96.9 Å². The maximum Gasteiger partial charge on any atom is 0.303 e. The van der Waals surface area contributed by atoms with Crippen LogP contribution >= 0.6 is 0 Å². The lowest BCUT2D eigenvalue weighted by molar-refractivity contribution is -0.138. The summed E-state index contributed by atoms with van der Waals surface area (Å²) in [7, 11) is 0. The van der Waals surface area contributed by atoms with E-state index >= 15 is 0 Å². The Bertz CT molecular complexity index is 3410. The van der Waals surface area contributed by atoms with Crippen LogP contribution in [-0.2, 0) is 71.9 Å². The molecule has 0 spiro atoms. The third kappa shape index (κ3) is 48.0. The summed E-state index contributed by atoms with van der Waals surface area (Å²) >= 11 is 0. The van der Waals surface area contributed by atoms with Crippen molar-refractivity contribution < 1.29 is 77.0 Å². The summed E-state index contributed by atoms with van der Waals surface area (Å²) in [6.45, 7) is 15.7. The molecular formula is C72H136N30O16. The molecule has 0 aromatic rings. The molecular weight excluding hydrogens is 1540 g/mol. The Labute approximate surface area is 689 Å². The molecule has 670 valence electrons. The Kier molecular flexibility index (Phi) is 52.5. The number of nitrogens with two attached hydrogens (primary N) is 12. The average molecular weight is 1680 g/mol. The van der Waals surface area contributed by atoms with Crippen molar-refractivity contribution in [3.05, 3.63) is 0 Å². The summed E-state index contributed by atoms with van der Waals surface area (Å²) in [5, 5.41) is 43.4. The van der Waals surface area contributed by atoms with Gasteiger partial charge in [0.1, 0.15) is 72.5 Å². The van der Waals surface area contributed by atoms with Crippen LogP contribution in [0.25, 0.3) is 0 Å². The van der Waals surface area contributed by atoms with Crippen molar-refractivity contribution in [2.75, 3.05) is 45.8 Å². The molecule has 0 aromatic heterocycles. The van der Waals surface area contributed by atoms with Gasteiger partial charge in [-0.2, -0.15) is 0 Å². The van der Waals surface area contributed by atoms with Crippen LogP contribution in [0.15, 0.2) is 25.0 Å². The minimum atomic E-state index is -1.60. The number of amides is 14. The summed E-state index contributed by atoms with van der Waals surface area (Å²) in [5.74, 6) is -16.1. The number of aliphatic imine (C=N–C) groups is 5. The standard InChI is InChI=1S/C72H136N30O16/c1-11-40(8)55(102-63(114)43(92-42(10)103)20-14-28-85-68(75)76)67(118)99-49(25-26-54(105)106)57(108)90-36-53(104)93-50(33-37(2)3)65(116)98-47(23-17-31-88-71(81)82)61(112)94-44(19-12-13-27-73)58(109)95-45(21-15-29-86-69(77)78)59(110)96-46(22-16-30-87-70(79)80)60(111)97-48(24-18-32-89-72(83)84)62(113)100-52(35-39(6)7)66(117)101-51(34-38(4)5)64(115)91-41(9)56(74)107/h37-41,43-52,55H,11-36,73H2,1-10H3,(H2,74,107)(H,90,108)(H,91,115)(H,92,103)(H,93,104)(H,94,112)(H,95,109)(H,96,110)(H,97,111)(H,98,116)(H,99,118)(H,100,113)(H,101,117)(H,102,114)(H,105,106)(H4,75,76,85)(H4,77,78,86)(H4,79,80,87)(H4,81,82,88)(H4,83,84,89)/t40-,41-,43-,44-,45-,46-,47-,48-,49-,50-,51-,52-,55-/m0/s1. The number of carbonyl (C=O) groups is 15. The molecule has 14 amide bonds. The monoisotopic (exact) mass is 1680 g/mol. The molecule has 0 aliphatic rings. The average Bonchev–Trinajstić information content (AvgIpc) is 0.859. The predicted octanol–water partition coefficient (Wildman–Crippen LogP) is -8.11. The van der Waals surface area contributed by atoms with E-state index in [1.807, 2.05) is 0 Å². The van der Waals surface area contributed by atoms with Crippen molar-refractivity contribution in [1.82, 2.24) is 69.1 Å². The molecule has 0 unspecified atom stereocenters. The number of hydrogen-bond donors (Lipinski definition) is 26. The van der Waals surface area contributed by atoms with Gasteiger partial charge in [0.15, 0.2) is 29.8 Å². The molecule has 0 rings (SSSR count). The van der Waals surface area contributed by atoms with Crippen molar-refractivity contribution in [2.24, 2.45) is 117 Å². The molecule has 46 heteroatoms. The van der Waals surface area contributed by atoms with Crippen molar-refractivity contribution >= 4 is 118 Å². The van der Waals surface area contributed by atoms with Crippen LogP contribution in [0.3, 0.4) is 0 Å². The highest BCUT2D eigenvalue weighted by molar-refractivity contribution is 6.00. The summed E-state index contributed by atoms with van der Waals surface area (Å²) in [4.78, 5) is 227. The van der Waals surface area contributed by atoms with Gasteiger partial charge in [-0.1, -0.05) is 61.8 Å². The Balaban J connectivity index is 7.60. The third-order valence-corrected chi connectivity index (χ3v) is 17.9. The molecule has 0 fully saturated rings. The first kappa shape index (κ1) is 106. The molecule has 13 atom stereocenters. The van der Waals surface area contributed by atoms with E-state index in [1.165, 1.54) is 13.8 Å². The zero-order chi connectivity index (χ0) is 89.9. The number of rotatable bonds is 61. The second-order valence-corrected chi connectivity index (χ2v) is 29.9. The van der Waals surface area contributed by atoms with Crippen molar-refractivity contribution in [3.8, 4) is 0 Å². The van der Waals surface area contributed by atoms with Gasteiger partial charge in [0, 0.05) is 46.1 Å². The Hall–Kier alpha value is -11.6. The van der Waals surface area contributed by atoms with Crippen LogP contribution in [0.5, 0.6) is 0 Å². The topological polar surface area (TPSA) is 807 Å². The minimum absolute atomic E-state index is 0.0214. The summed E-state index contributed by atoms with van der Waals surface area (Å²) in [5.41, 5.74) is 67.1. The number of nitrogens with one attached hydrogen (secondary N) is 13. The molecule has 0 bridgehead atoms. The van der Waals surface area contributed by atoms with Gasteiger partial charge < -0.3 is 143 Å². The van der Waals surface area contributed by atoms with E-state index in [0.29, 0.717) is 12.8 Å². The van der Waals surface area contributed by atoms with Crippen molar-refractivity contribution in [3.63, 3.8) is 0 Å². The number of primary amides is 1. The number of carbonyl (C=O) groups excluding carboxylic acids is 14. The number of unbranched alkanes of at least 4 members (excludes halogenated alkanes) is 1. The fourth-order valence-corrected chi connectivity index (χ4v) is 11.6. The number of carboxylic acid groups (broad SMARTS) is 1. The fourth-order valence-electron chi connectivity index (χ4n) is 11.6. The molecule has 0 aliphatic heterocycles. The zero-order valence-electron chi connectivity index (χ0n) is 69.9. The number of guanidine groups is 5. The second kappa shape index (κ2) is 58.2. The molecule has 0 aliphatic carbocycles. The van der Waals surface area contributed by atoms with Crippen LogP contribution < -0.4 is 138 Å². The normalized spacial score (nSPS) is 14.3. The van der Waals surface area contributed by atoms with Gasteiger partial charge >= 0.3 is 5.97 Å². The van der Waals surface area contributed by atoms with Crippen LogP contribution in [-0.4, -0.2) is 242 Å². The highest BCUT2D eigenvalue weighted by Gasteiger charge is 2.38. The van der Waals surface area contributed by atoms with Crippen molar-refractivity contribution in [2.45, 2.75) is 264 Å². The molecule has 46 nitrogen and oxygen atoms in total. The highest BCUT2D eigenvalue weighted by Crippen LogP contribution is 2.16. The fraction of sp³-hybridized carbons (Fsp3) is 0.722. The van der Waals surface area contributed by atoms with Gasteiger partial charge in [0.25, 0.3) is 0 Å². The van der Waals surface area contributed by atoms with Crippen LogP contribution in [0, 0.1) is 23.7 Å². The van der Waals surface area contributed by atoms with E-state index in [4.69, 9.17) is 68.8 Å². The molecule has 0 saturated carbocycles. The Morgan fingerprint density at radius 1 is 0.322 bits per heavy atom. The second-order valence-electron chi connectivity index (χ2n) is 29.9. The summed E-state index contributed by atoms with van der Waals surface area (Å²) in [6.07, 6.45) is -0.613. The quantitative estimate of drug-likeness (QED) is 0.0153. The first-order valence-electron chi connectivity index (χ1n) is 39.7. The molecule has 0 radical (unpaired) electrons. The van der Waals surface area contributed by atoms with Gasteiger partial charge in [-0.25, -0.2) is 0 Å². The van der Waals surface area contributed by atoms with Crippen LogP contribution in [0.4, 0.5) is 0 Å². The van der Waals surface area contributed by atoms with Crippen LogP contribution in [0.2, 0.25) is 0 Å². The molecule has 0 saturated heterocycles. The number of hydrogen-bond acceptors (Lipinski definition) is 21. The smallest absolute Gasteiger partial charge is 0.303 e. The third-order valence-electron chi connectivity index (χ3n) is 17.9. The molecule has 118 heavy (non-hydrogen) atoms. The first-order chi connectivity index (χ1) is 55.3. The lowest BCUT2D eigenvalue weighted by atomic mass is 9.96. The lowest BCUT2D eigenvalue weighted by Crippen LogP contribution is -2.60. The number of aliphatic carboxylic acids is 1. The molecule has 0 heterocycles. The van der Waals surface area contributed by atoms with E-state index < -0.39 is 186 Å². The van der Waals surface area contributed by atoms with E-state index in [0.717, 1.165) is 0 Å². The summed E-state index contributed by atoms with van der Waals surface area (Å²) < 4.78 is 0. The van der Waals surface area contributed by atoms with Crippen molar-refractivity contribution in [1.29, 1.82) is 0 Å². The predicted molar refractivity (Wildman–Crippen MR) is 444 cm³/mol. The zero-order valence-corrected chi connectivity index (χ0v) is 69.9.